The molecule has 1 heterocycles. The summed E-state index contributed by atoms with van der Waals surface area (Å²) < 4.78 is 10.4. The van der Waals surface area contributed by atoms with Crippen molar-refractivity contribution < 1.29 is 19.2 Å². The second-order valence-corrected chi connectivity index (χ2v) is 5.52. The highest BCUT2D eigenvalue weighted by atomic mass is 16.5. The van der Waals surface area contributed by atoms with Crippen LogP contribution in [0.5, 0.6) is 5.75 Å². The number of carboxylic acid groups (broad SMARTS) is 1. The molecule has 5 nitrogen and oxygen atoms in total. The molecule has 0 aliphatic rings. The van der Waals surface area contributed by atoms with Crippen molar-refractivity contribution in [3.8, 4) is 17.0 Å². The number of hydrogen-bond donors (Lipinski definition) is 1. The zero-order valence-electron chi connectivity index (χ0n) is 11.9. The molecule has 5 heteroatoms. The summed E-state index contributed by atoms with van der Waals surface area (Å²) in [6.45, 7) is 5.66. The largest absolute Gasteiger partial charge is 0.497 e. The first-order chi connectivity index (χ1) is 9.34. The molecule has 1 aromatic carbocycles. The molecule has 0 aliphatic heterocycles. The van der Waals surface area contributed by atoms with Gasteiger partial charge in [-0.3, -0.25) is 0 Å². The fraction of sp³-hybridized carbons (Fsp3) is 0.333. The Labute approximate surface area is 117 Å². The first-order valence-electron chi connectivity index (χ1n) is 6.22. The van der Waals surface area contributed by atoms with Crippen LogP contribution in [0.15, 0.2) is 28.8 Å². The van der Waals surface area contributed by atoms with E-state index in [1.807, 2.05) is 20.8 Å². The van der Waals surface area contributed by atoms with Crippen LogP contribution in [-0.2, 0) is 5.41 Å². The van der Waals surface area contributed by atoms with Crippen LogP contribution in [0.3, 0.4) is 0 Å². The van der Waals surface area contributed by atoms with E-state index in [0.717, 1.165) is 0 Å². The third-order valence-corrected chi connectivity index (χ3v) is 2.95. The Morgan fingerprint density at radius 2 is 1.85 bits per heavy atom. The van der Waals surface area contributed by atoms with Crippen LogP contribution in [0.4, 0.5) is 0 Å². The van der Waals surface area contributed by atoms with Gasteiger partial charge in [0, 0.05) is 11.0 Å². The van der Waals surface area contributed by atoms with Gasteiger partial charge >= 0.3 is 5.97 Å². The van der Waals surface area contributed by atoms with E-state index in [4.69, 9.17) is 9.26 Å². The van der Waals surface area contributed by atoms with Gasteiger partial charge in [0.2, 0.25) is 0 Å². The number of methoxy groups -OCH3 is 1. The van der Waals surface area contributed by atoms with Gasteiger partial charge in [-0.25, -0.2) is 4.79 Å². The SMILES string of the molecule is COc1ccc(-c2noc(C(C)(C)C)c2C(=O)O)cc1. The van der Waals surface area contributed by atoms with Gasteiger partial charge in [-0.2, -0.15) is 0 Å². The Bertz CT molecular complexity index is 620. The molecule has 0 saturated carbocycles. The van der Waals surface area contributed by atoms with Crippen LogP contribution in [0.1, 0.15) is 36.9 Å². The summed E-state index contributed by atoms with van der Waals surface area (Å²) in [6, 6.07) is 7.03. The summed E-state index contributed by atoms with van der Waals surface area (Å²) in [5.74, 6) is 0.0305. The van der Waals surface area contributed by atoms with E-state index in [0.29, 0.717) is 22.8 Å². The second kappa shape index (κ2) is 5.00. The van der Waals surface area contributed by atoms with Gasteiger partial charge in [-0.05, 0) is 24.3 Å². The molecule has 1 N–H and O–H groups in total. The average Bonchev–Trinajstić information content (AvgIpc) is 2.83. The van der Waals surface area contributed by atoms with Crippen molar-refractivity contribution in [2.75, 3.05) is 7.11 Å². The van der Waals surface area contributed by atoms with Crippen LogP contribution >= 0.6 is 0 Å². The Balaban J connectivity index is 2.56. The van der Waals surface area contributed by atoms with Gasteiger partial charge < -0.3 is 14.4 Å². The van der Waals surface area contributed by atoms with Crippen molar-refractivity contribution in [1.29, 1.82) is 0 Å². The number of rotatable bonds is 3. The van der Waals surface area contributed by atoms with Crippen LogP contribution in [-0.4, -0.2) is 23.3 Å². The standard InChI is InChI=1S/C15H17NO4/c1-15(2,3)13-11(14(17)18)12(16-20-13)9-5-7-10(19-4)8-6-9/h5-8H,1-4H3,(H,17,18). The minimum Gasteiger partial charge on any atom is -0.497 e. The fourth-order valence-electron chi connectivity index (χ4n) is 1.95. The molecule has 0 unspecified atom stereocenters. The highest BCUT2D eigenvalue weighted by Gasteiger charge is 2.31. The van der Waals surface area contributed by atoms with Crippen LogP contribution in [0, 0.1) is 0 Å². The van der Waals surface area contributed by atoms with Crippen molar-refractivity contribution in [2.45, 2.75) is 26.2 Å². The van der Waals surface area contributed by atoms with Gasteiger partial charge in [-0.15, -0.1) is 0 Å². The fourth-order valence-corrected chi connectivity index (χ4v) is 1.95. The third kappa shape index (κ3) is 2.52. The lowest BCUT2D eigenvalue weighted by Crippen LogP contribution is -2.15. The molecule has 0 saturated heterocycles. The Morgan fingerprint density at radius 1 is 1.25 bits per heavy atom. The van der Waals surface area contributed by atoms with E-state index >= 15 is 0 Å². The number of nitrogens with zero attached hydrogens (tertiary/aromatic N) is 1. The molecule has 0 atom stereocenters. The molecule has 0 fully saturated rings. The summed E-state index contributed by atoms with van der Waals surface area (Å²) in [5.41, 5.74) is 0.709. The highest BCUT2D eigenvalue weighted by Crippen LogP contribution is 2.33. The highest BCUT2D eigenvalue weighted by molar-refractivity contribution is 5.96. The molecule has 0 aliphatic carbocycles. The lowest BCUT2D eigenvalue weighted by molar-refractivity contribution is 0.0693. The molecule has 1 aromatic heterocycles. The molecule has 2 aromatic rings. The summed E-state index contributed by atoms with van der Waals surface area (Å²) in [7, 11) is 1.57. The van der Waals surface area contributed by atoms with Gasteiger partial charge in [0.25, 0.3) is 0 Å². The smallest absolute Gasteiger partial charge is 0.341 e. The van der Waals surface area contributed by atoms with Crippen molar-refractivity contribution in [1.82, 2.24) is 5.16 Å². The van der Waals surface area contributed by atoms with Gasteiger partial charge in [0.05, 0.1) is 7.11 Å². The van der Waals surface area contributed by atoms with Crippen LogP contribution in [0.25, 0.3) is 11.3 Å². The number of ether oxygens (including phenoxy) is 1. The average molecular weight is 275 g/mol. The maximum absolute atomic E-state index is 11.5. The minimum absolute atomic E-state index is 0.114. The van der Waals surface area contributed by atoms with Crippen molar-refractivity contribution in [3.05, 3.63) is 35.6 Å². The molecule has 0 radical (unpaired) electrons. The number of carboxylic acids is 1. The summed E-state index contributed by atoms with van der Waals surface area (Å²) >= 11 is 0. The molecule has 0 amide bonds. The van der Waals surface area contributed by atoms with Crippen LogP contribution in [0.2, 0.25) is 0 Å². The number of aromatic carboxylic acids is 1. The van der Waals surface area contributed by atoms with Crippen molar-refractivity contribution in [2.24, 2.45) is 0 Å². The van der Waals surface area contributed by atoms with Crippen molar-refractivity contribution >= 4 is 5.97 Å². The molecule has 0 bridgehead atoms. The summed E-state index contributed by atoms with van der Waals surface area (Å²) in [4.78, 5) is 11.5. The Kier molecular flexibility index (Phi) is 3.53. The monoisotopic (exact) mass is 275 g/mol. The molecule has 0 spiro atoms. The van der Waals surface area contributed by atoms with Gasteiger partial charge in [0.15, 0.2) is 5.76 Å². The van der Waals surface area contributed by atoms with Crippen LogP contribution < -0.4 is 4.74 Å². The first-order valence-corrected chi connectivity index (χ1v) is 6.22. The molecular formula is C15H17NO4. The van der Waals surface area contributed by atoms with E-state index in [-0.39, 0.29) is 5.56 Å². The molecular weight excluding hydrogens is 258 g/mol. The zero-order chi connectivity index (χ0) is 14.9. The predicted octanol–water partition coefficient (Wildman–Crippen LogP) is 3.35. The van der Waals surface area contributed by atoms with E-state index in [1.165, 1.54) is 0 Å². The van der Waals surface area contributed by atoms with E-state index in [1.54, 1.807) is 31.4 Å². The topological polar surface area (TPSA) is 72.6 Å². The molecule has 106 valence electrons. The predicted molar refractivity (Wildman–Crippen MR) is 74.2 cm³/mol. The van der Waals surface area contributed by atoms with Gasteiger partial charge in [-0.1, -0.05) is 25.9 Å². The van der Waals surface area contributed by atoms with Crippen molar-refractivity contribution in [3.63, 3.8) is 0 Å². The van der Waals surface area contributed by atoms with E-state index in [9.17, 15) is 9.90 Å². The number of aromatic nitrogens is 1. The lowest BCUT2D eigenvalue weighted by Gasteiger charge is -2.14. The maximum Gasteiger partial charge on any atom is 0.341 e. The lowest BCUT2D eigenvalue weighted by atomic mass is 9.89. The first kappa shape index (κ1) is 14.1. The second-order valence-electron chi connectivity index (χ2n) is 5.52. The number of benzene rings is 1. The number of carbonyl (C=O) groups is 1. The number of hydrogen-bond acceptors (Lipinski definition) is 4. The Morgan fingerprint density at radius 3 is 2.30 bits per heavy atom. The zero-order valence-corrected chi connectivity index (χ0v) is 11.9. The minimum atomic E-state index is -1.04. The third-order valence-electron chi connectivity index (χ3n) is 2.95. The summed E-state index contributed by atoms with van der Waals surface area (Å²) in [5, 5.41) is 13.4. The molecule has 2 rings (SSSR count). The normalized spacial score (nSPS) is 11.4. The van der Waals surface area contributed by atoms with E-state index in [2.05, 4.69) is 5.16 Å². The van der Waals surface area contributed by atoms with E-state index < -0.39 is 11.4 Å². The molecule has 20 heavy (non-hydrogen) atoms. The quantitative estimate of drug-likeness (QED) is 0.930. The Hall–Kier alpha value is -2.30. The van der Waals surface area contributed by atoms with Gasteiger partial charge in [0.1, 0.15) is 17.0 Å². The summed E-state index contributed by atoms with van der Waals surface area (Å²) in [6.07, 6.45) is 0. The maximum atomic E-state index is 11.5.